The summed E-state index contributed by atoms with van der Waals surface area (Å²) in [7, 11) is 0. The quantitative estimate of drug-likeness (QED) is 0.243. The highest BCUT2D eigenvalue weighted by Gasteiger charge is 2.24. The lowest BCUT2D eigenvalue weighted by atomic mass is 10.1. The smallest absolute Gasteiger partial charge is 0.254 e. The summed E-state index contributed by atoms with van der Waals surface area (Å²) in [5.74, 6) is 0.976. The lowest BCUT2D eigenvalue weighted by Gasteiger charge is -2.36. The Bertz CT molecular complexity index is 1590. The molecule has 0 atom stereocenters. The van der Waals surface area contributed by atoms with Crippen LogP contribution in [0.15, 0.2) is 83.3 Å². The zero-order chi connectivity index (χ0) is 28.2. The van der Waals surface area contributed by atoms with Gasteiger partial charge < -0.3 is 19.5 Å². The van der Waals surface area contributed by atoms with Gasteiger partial charge in [-0.3, -0.25) is 9.59 Å². The Morgan fingerprint density at radius 1 is 0.850 bits per heavy atom. The van der Waals surface area contributed by atoms with Gasteiger partial charge in [0.15, 0.2) is 0 Å². The Kier molecular flexibility index (Phi) is 8.29. The molecule has 1 aliphatic rings. The molecule has 3 aromatic carbocycles. The number of furan rings is 1. The molecule has 1 N–H and O–H groups in total. The fourth-order valence-corrected chi connectivity index (χ4v) is 5.14. The van der Waals surface area contributed by atoms with E-state index in [-0.39, 0.29) is 11.8 Å². The Labute approximate surface area is 243 Å². The lowest BCUT2D eigenvalue weighted by Crippen LogP contribution is -2.49. The standard InChI is InChI=1S/C32H29Cl2N3O3/c1-21-5-3-4-6-26(21)32(39)37-17-15-36(16-18-37)29-12-9-24(20-28(29)34)35-31(38)14-11-25-10-13-30(40-25)23-8-7-22(2)27(33)19-23/h3-14,19-20H,15-18H2,1-2H3,(H,35,38). The van der Waals surface area contributed by atoms with Crippen LogP contribution in [-0.2, 0) is 4.79 Å². The van der Waals surface area contributed by atoms with Gasteiger partial charge in [0.2, 0.25) is 5.91 Å². The minimum absolute atomic E-state index is 0.0558. The van der Waals surface area contributed by atoms with E-state index in [1.165, 1.54) is 6.08 Å². The van der Waals surface area contributed by atoms with Crippen LogP contribution in [0.25, 0.3) is 17.4 Å². The number of hydrogen-bond acceptors (Lipinski definition) is 4. The average molecular weight is 575 g/mol. The summed E-state index contributed by atoms with van der Waals surface area (Å²) >= 11 is 12.8. The first-order chi connectivity index (χ1) is 19.3. The summed E-state index contributed by atoms with van der Waals surface area (Å²) < 4.78 is 5.84. The van der Waals surface area contributed by atoms with E-state index in [1.54, 1.807) is 18.2 Å². The minimum atomic E-state index is -0.302. The molecule has 2 amide bonds. The molecule has 1 aromatic heterocycles. The van der Waals surface area contributed by atoms with Crippen molar-refractivity contribution in [1.82, 2.24) is 4.90 Å². The van der Waals surface area contributed by atoms with Gasteiger partial charge in [0, 0.05) is 54.1 Å². The molecule has 204 valence electrons. The first kappa shape index (κ1) is 27.6. The van der Waals surface area contributed by atoms with Crippen molar-refractivity contribution in [2.24, 2.45) is 0 Å². The molecule has 0 saturated carbocycles. The summed E-state index contributed by atoms with van der Waals surface area (Å²) in [6.45, 7) is 6.46. The molecule has 0 spiro atoms. The number of amides is 2. The van der Waals surface area contributed by atoms with Crippen LogP contribution in [0.5, 0.6) is 0 Å². The molecule has 0 unspecified atom stereocenters. The molecule has 0 radical (unpaired) electrons. The van der Waals surface area contributed by atoms with Crippen LogP contribution in [0.4, 0.5) is 11.4 Å². The van der Waals surface area contributed by atoms with Gasteiger partial charge in [0.25, 0.3) is 5.91 Å². The number of carbonyl (C=O) groups excluding carboxylic acids is 2. The molecule has 1 saturated heterocycles. The normalized spacial score (nSPS) is 13.6. The third-order valence-electron chi connectivity index (χ3n) is 6.98. The highest BCUT2D eigenvalue weighted by molar-refractivity contribution is 6.33. The van der Waals surface area contributed by atoms with Gasteiger partial charge in [0.1, 0.15) is 11.5 Å². The SMILES string of the molecule is Cc1ccc(-c2ccc(C=CC(=O)Nc3ccc(N4CCN(C(=O)c5ccccc5C)CC4)c(Cl)c3)o2)cc1Cl. The van der Waals surface area contributed by atoms with Crippen molar-refractivity contribution < 1.29 is 14.0 Å². The summed E-state index contributed by atoms with van der Waals surface area (Å²) in [5, 5.41) is 4.05. The van der Waals surface area contributed by atoms with Gasteiger partial charge in [-0.15, -0.1) is 0 Å². The maximum Gasteiger partial charge on any atom is 0.254 e. The van der Waals surface area contributed by atoms with Crippen LogP contribution >= 0.6 is 23.2 Å². The van der Waals surface area contributed by atoms with Gasteiger partial charge in [-0.1, -0.05) is 53.5 Å². The molecule has 4 aromatic rings. The third kappa shape index (κ3) is 6.24. The van der Waals surface area contributed by atoms with Crippen molar-refractivity contribution in [2.45, 2.75) is 13.8 Å². The van der Waals surface area contributed by atoms with Gasteiger partial charge in [0.05, 0.1) is 10.7 Å². The fraction of sp³-hybridized carbons (Fsp3) is 0.188. The molecule has 8 heteroatoms. The van der Waals surface area contributed by atoms with Crippen LogP contribution in [0.1, 0.15) is 27.2 Å². The summed E-state index contributed by atoms with van der Waals surface area (Å²) in [6.07, 6.45) is 3.03. The number of benzene rings is 3. The molecule has 2 heterocycles. The largest absolute Gasteiger partial charge is 0.457 e. The van der Waals surface area contributed by atoms with E-state index >= 15 is 0 Å². The molecule has 0 aliphatic carbocycles. The minimum Gasteiger partial charge on any atom is -0.457 e. The summed E-state index contributed by atoms with van der Waals surface area (Å²) in [6, 6.07) is 22.5. The van der Waals surface area contributed by atoms with E-state index in [1.807, 2.05) is 79.4 Å². The van der Waals surface area contributed by atoms with Crippen molar-refractivity contribution in [3.05, 3.63) is 111 Å². The maximum atomic E-state index is 12.9. The zero-order valence-electron chi connectivity index (χ0n) is 22.3. The van der Waals surface area contributed by atoms with Crippen LogP contribution in [0.3, 0.4) is 0 Å². The summed E-state index contributed by atoms with van der Waals surface area (Å²) in [5.41, 5.74) is 5.05. The molecule has 1 aliphatic heterocycles. The monoisotopic (exact) mass is 573 g/mol. The van der Waals surface area contributed by atoms with Crippen molar-refractivity contribution in [3.63, 3.8) is 0 Å². The molecular weight excluding hydrogens is 545 g/mol. The number of aryl methyl sites for hydroxylation is 2. The van der Waals surface area contributed by atoms with Crippen LogP contribution in [-0.4, -0.2) is 42.9 Å². The molecule has 5 rings (SSSR count). The van der Waals surface area contributed by atoms with Crippen molar-refractivity contribution in [1.29, 1.82) is 0 Å². The topological polar surface area (TPSA) is 65.8 Å². The van der Waals surface area contributed by atoms with Crippen LogP contribution in [0, 0.1) is 13.8 Å². The van der Waals surface area contributed by atoms with E-state index in [4.69, 9.17) is 27.6 Å². The van der Waals surface area contributed by atoms with E-state index < -0.39 is 0 Å². The van der Waals surface area contributed by atoms with Gasteiger partial charge >= 0.3 is 0 Å². The summed E-state index contributed by atoms with van der Waals surface area (Å²) in [4.78, 5) is 29.5. The Morgan fingerprint density at radius 3 is 2.35 bits per heavy atom. The Hall–Kier alpha value is -4.00. The predicted octanol–water partition coefficient (Wildman–Crippen LogP) is 7.48. The number of piperazine rings is 1. The Morgan fingerprint density at radius 2 is 1.62 bits per heavy atom. The number of rotatable bonds is 6. The maximum absolute atomic E-state index is 12.9. The van der Waals surface area contributed by atoms with Crippen molar-refractivity contribution in [2.75, 3.05) is 36.4 Å². The average Bonchev–Trinajstić information content (AvgIpc) is 3.43. The molecule has 0 bridgehead atoms. The second-order valence-corrected chi connectivity index (χ2v) is 10.6. The highest BCUT2D eigenvalue weighted by Crippen LogP contribution is 2.30. The number of anilines is 2. The van der Waals surface area contributed by atoms with Crippen LogP contribution < -0.4 is 10.2 Å². The fourth-order valence-electron chi connectivity index (χ4n) is 4.66. The van der Waals surface area contributed by atoms with Gasteiger partial charge in [-0.2, -0.15) is 0 Å². The van der Waals surface area contributed by atoms with E-state index in [0.29, 0.717) is 53.4 Å². The lowest BCUT2D eigenvalue weighted by molar-refractivity contribution is -0.111. The van der Waals surface area contributed by atoms with E-state index in [9.17, 15) is 9.59 Å². The number of nitrogens with zero attached hydrogens (tertiary/aromatic N) is 2. The zero-order valence-corrected chi connectivity index (χ0v) is 23.8. The van der Waals surface area contributed by atoms with Gasteiger partial charge in [-0.25, -0.2) is 0 Å². The molecule has 1 fully saturated rings. The van der Waals surface area contributed by atoms with E-state index in [2.05, 4.69) is 10.2 Å². The second-order valence-electron chi connectivity index (χ2n) is 9.75. The number of nitrogens with one attached hydrogen (secondary N) is 1. The second kappa shape index (κ2) is 12.0. The van der Waals surface area contributed by atoms with Crippen LogP contribution in [0.2, 0.25) is 10.0 Å². The first-order valence-corrected chi connectivity index (χ1v) is 13.8. The molecule has 6 nitrogen and oxygen atoms in total. The predicted molar refractivity (Wildman–Crippen MR) is 162 cm³/mol. The van der Waals surface area contributed by atoms with Crippen molar-refractivity contribution in [3.8, 4) is 11.3 Å². The third-order valence-corrected chi connectivity index (χ3v) is 7.69. The Balaban J connectivity index is 1.16. The highest BCUT2D eigenvalue weighted by atomic mass is 35.5. The van der Waals surface area contributed by atoms with E-state index in [0.717, 1.165) is 27.9 Å². The molecule has 40 heavy (non-hydrogen) atoms. The van der Waals surface area contributed by atoms with Crippen molar-refractivity contribution >= 4 is 52.5 Å². The van der Waals surface area contributed by atoms with Gasteiger partial charge in [-0.05, 0) is 73.5 Å². The first-order valence-electron chi connectivity index (χ1n) is 13.0. The molecular formula is C32H29Cl2N3O3. The number of carbonyl (C=O) groups is 2. The number of halogens is 2. The number of hydrogen-bond donors (Lipinski definition) is 1.